The highest BCUT2D eigenvalue weighted by Crippen LogP contribution is 2.41. The van der Waals surface area contributed by atoms with Gasteiger partial charge < -0.3 is 9.47 Å². The number of rotatable bonds is 7. The first kappa shape index (κ1) is 23.3. The third kappa shape index (κ3) is 5.13. The van der Waals surface area contributed by atoms with Crippen LogP contribution in [0.3, 0.4) is 0 Å². The summed E-state index contributed by atoms with van der Waals surface area (Å²) in [6.45, 7) is 7.56. The molecule has 1 aromatic carbocycles. The number of pyridine rings is 1. The quantitative estimate of drug-likeness (QED) is 0.217. The Morgan fingerprint density at radius 1 is 1.16 bits per heavy atom. The topological polar surface area (TPSA) is 78.4 Å². The number of ether oxygens (including phenoxy) is 2. The Kier molecular flexibility index (Phi) is 7.43. The third-order valence-corrected chi connectivity index (χ3v) is 5.96. The van der Waals surface area contributed by atoms with Crippen LogP contribution in [0.15, 0.2) is 30.3 Å². The number of alkyl halides is 1. The zero-order valence-electron chi connectivity index (χ0n) is 18.0. The molecule has 0 N–H and O–H groups in total. The number of carbonyl (C=O) groups excluding carboxylic acids is 2. The zero-order valence-corrected chi connectivity index (χ0v) is 20.4. The van der Waals surface area contributed by atoms with E-state index in [9.17, 15) is 9.59 Å². The molecule has 0 aliphatic heterocycles. The van der Waals surface area contributed by atoms with Crippen LogP contribution in [0.1, 0.15) is 56.7 Å². The van der Waals surface area contributed by atoms with E-state index in [1.165, 1.54) is 11.5 Å². The summed E-state index contributed by atoms with van der Waals surface area (Å²) >= 11 is 4.66. The second-order valence-corrected chi connectivity index (χ2v) is 9.43. The maximum absolute atomic E-state index is 13.0. The molecule has 0 spiro atoms. The third-order valence-electron chi connectivity index (χ3n) is 4.55. The van der Waals surface area contributed by atoms with Gasteiger partial charge in [-0.15, -0.1) is 0 Å². The first-order chi connectivity index (χ1) is 14.8. The molecular weight excluding hydrogens is 480 g/mol. The van der Waals surface area contributed by atoms with Crippen molar-refractivity contribution in [2.45, 2.75) is 45.9 Å². The molecule has 8 heteroatoms. The standard InChI is InChI=1S/C23H25BrN2O4S/c1-5-6-12-29-21(27)18-19(30-22(28)23(2,3)4)20-16(15(13-24)26-31-20)17(25-18)14-10-8-7-9-11-14/h7-11H,5-6,12-13H2,1-4H3. The van der Waals surface area contributed by atoms with E-state index >= 15 is 0 Å². The fraction of sp³-hybridized carbons (Fsp3) is 0.391. The Morgan fingerprint density at radius 3 is 2.48 bits per heavy atom. The van der Waals surface area contributed by atoms with Crippen molar-refractivity contribution >= 4 is 49.5 Å². The van der Waals surface area contributed by atoms with E-state index in [2.05, 4.69) is 25.3 Å². The Hall–Kier alpha value is -2.32. The Balaban J connectivity index is 2.25. The van der Waals surface area contributed by atoms with Crippen molar-refractivity contribution in [3.05, 3.63) is 41.7 Å². The Bertz CT molecular complexity index is 1090. The van der Waals surface area contributed by atoms with Gasteiger partial charge in [-0.05, 0) is 38.7 Å². The van der Waals surface area contributed by atoms with Crippen molar-refractivity contribution in [2.24, 2.45) is 5.41 Å². The van der Waals surface area contributed by atoms with Gasteiger partial charge in [0.25, 0.3) is 0 Å². The molecule has 0 bridgehead atoms. The van der Waals surface area contributed by atoms with E-state index in [0.717, 1.165) is 29.5 Å². The van der Waals surface area contributed by atoms with Gasteiger partial charge in [0, 0.05) is 16.3 Å². The first-order valence-corrected chi connectivity index (χ1v) is 12.0. The van der Waals surface area contributed by atoms with E-state index in [4.69, 9.17) is 9.47 Å². The first-order valence-electron chi connectivity index (χ1n) is 10.1. The summed E-state index contributed by atoms with van der Waals surface area (Å²) in [6.07, 6.45) is 1.63. The fourth-order valence-corrected chi connectivity index (χ4v) is 4.26. The van der Waals surface area contributed by atoms with Crippen molar-refractivity contribution in [1.82, 2.24) is 9.36 Å². The molecule has 2 aromatic heterocycles. The number of carbonyl (C=O) groups is 2. The van der Waals surface area contributed by atoms with Crippen molar-refractivity contribution in [3.63, 3.8) is 0 Å². The van der Waals surface area contributed by atoms with Gasteiger partial charge in [-0.3, -0.25) is 4.79 Å². The molecule has 31 heavy (non-hydrogen) atoms. The van der Waals surface area contributed by atoms with Crippen LogP contribution in [0.5, 0.6) is 5.75 Å². The number of aromatic nitrogens is 2. The van der Waals surface area contributed by atoms with Gasteiger partial charge in [0.2, 0.25) is 0 Å². The molecule has 0 aliphatic carbocycles. The largest absolute Gasteiger partial charge is 0.461 e. The molecule has 0 amide bonds. The van der Waals surface area contributed by atoms with E-state index < -0.39 is 17.4 Å². The number of benzene rings is 1. The number of fused-ring (bicyclic) bond motifs is 1. The lowest BCUT2D eigenvalue weighted by atomic mass is 9.97. The fourth-order valence-electron chi connectivity index (χ4n) is 2.80. The number of hydrogen-bond donors (Lipinski definition) is 0. The van der Waals surface area contributed by atoms with Crippen molar-refractivity contribution in [1.29, 1.82) is 0 Å². The predicted octanol–water partition coefficient (Wildman–Crippen LogP) is 6.16. The molecule has 3 aromatic rings. The van der Waals surface area contributed by atoms with Gasteiger partial charge in [-0.25, -0.2) is 9.78 Å². The van der Waals surface area contributed by atoms with Crippen LogP contribution in [0.2, 0.25) is 0 Å². The summed E-state index contributed by atoms with van der Waals surface area (Å²) in [7, 11) is 0. The van der Waals surface area contributed by atoms with Gasteiger partial charge in [0.05, 0.1) is 23.4 Å². The van der Waals surface area contributed by atoms with Gasteiger partial charge >= 0.3 is 11.9 Å². The molecule has 164 valence electrons. The molecular formula is C23H25BrN2O4S. The highest BCUT2D eigenvalue weighted by Gasteiger charge is 2.31. The van der Waals surface area contributed by atoms with Crippen LogP contribution in [0.4, 0.5) is 0 Å². The molecule has 0 saturated heterocycles. The Morgan fingerprint density at radius 2 is 1.87 bits per heavy atom. The average molecular weight is 505 g/mol. The summed E-state index contributed by atoms with van der Waals surface area (Å²) in [6, 6.07) is 9.57. The second-order valence-electron chi connectivity index (χ2n) is 8.10. The minimum Gasteiger partial charge on any atom is -0.461 e. The van der Waals surface area contributed by atoms with Gasteiger partial charge in [0.1, 0.15) is 4.70 Å². The van der Waals surface area contributed by atoms with Crippen molar-refractivity contribution in [2.75, 3.05) is 6.61 Å². The number of nitrogens with zero attached hydrogens (tertiary/aromatic N) is 2. The average Bonchev–Trinajstić information content (AvgIpc) is 3.18. The molecule has 0 atom stereocenters. The Labute approximate surface area is 194 Å². The van der Waals surface area contributed by atoms with Gasteiger partial charge in [-0.2, -0.15) is 4.37 Å². The number of halogens is 1. The smallest absolute Gasteiger partial charge is 0.360 e. The molecule has 0 radical (unpaired) electrons. The summed E-state index contributed by atoms with van der Waals surface area (Å²) in [5, 5.41) is 1.26. The number of hydrogen-bond acceptors (Lipinski definition) is 7. The highest BCUT2D eigenvalue weighted by molar-refractivity contribution is 9.08. The molecule has 3 rings (SSSR count). The summed E-state index contributed by atoms with van der Waals surface area (Å²) in [5.41, 5.74) is 1.45. The number of unbranched alkanes of at least 4 members (excludes halogenated alkanes) is 1. The lowest BCUT2D eigenvalue weighted by Gasteiger charge is -2.18. The van der Waals surface area contributed by atoms with Crippen molar-refractivity contribution < 1.29 is 19.1 Å². The molecule has 0 aliphatic rings. The summed E-state index contributed by atoms with van der Waals surface area (Å²) in [5.74, 6) is -0.960. The number of esters is 2. The van der Waals surface area contributed by atoms with Crippen LogP contribution >= 0.6 is 27.5 Å². The second kappa shape index (κ2) is 9.87. The molecule has 0 fully saturated rings. The van der Waals surface area contributed by atoms with Crippen molar-refractivity contribution in [3.8, 4) is 17.0 Å². The highest BCUT2D eigenvalue weighted by atomic mass is 79.9. The van der Waals surface area contributed by atoms with E-state index in [1.54, 1.807) is 20.8 Å². The van der Waals surface area contributed by atoms with Crippen LogP contribution in [0, 0.1) is 5.41 Å². The molecule has 2 heterocycles. The normalized spacial score (nSPS) is 11.5. The summed E-state index contributed by atoms with van der Waals surface area (Å²) < 4.78 is 16.3. The lowest BCUT2D eigenvalue weighted by Crippen LogP contribution is -2.27. The van der Waals surface area contributed by atoms with Crippen LogP contribution in [-0.4, -0.2) is 27.9 Å². The maximum Gasteiger partial charge on any atom is 0.360 e. The van der Waals surface area contributed by atoms with Crippen LogP contribution in [-0.2, 0) is 14.9 Å². The molecule has 6 nitrogen and oxygen atoms in total. The van der Waals surface area contributed by atoms with E-state index in [0.29, 0.717) is 15.7 Å². The van der Waals surface area contributed by atoms with E-state index in [1.807, 2.05) is 37.3 Å². The SMILES string of the molecule is CCCCOC(=O)c1nc(-c2ccccc2)c2c(CBr)nsc2c1OC(=O)C(C)(C)C. The van der Waals surface area contributed by atoms with Gasteiger partial charge in [-0.1, -0.05) is 59.6 Å². The lowest BCUT2D eigenvalue weighted by molar-refractivity contribution is -0.142. The minimum atomic E-state index is -0.753. The van der Waals surface area contributed by atoms with Gasteiger partial charge in [0.15, 0.2) is 11.4 Å². The molecule has 0 unspecified atom stereocenters. The monoisotopic (exact) mass is 504 g/mol. The van der Waals surface area contributed by atoms with E-state index in [-0.39, 0.29) is 18.1 Å². The summed E-state index contributed by atoms with van der Waals surface area (Å²) in [4.78, 5) is 30.4. The maximum atomic E-state index is 13.0. The predicted molar refractivity (Wildman–Crippen MR) is 126 cm³/mol. The van der Waals surface area contributed by atoms with Crippen LogP contribution < -0.4 is 4.74 Å². The molecule has 0 saturated carbocycles. The zero-order chi connectivity index (χ0) is 22.6. The van der Waals surface area contributed by atoms with Crippen LogP contribution in [0.25, 0.3) is 21.3 Å². The minimum absolute atomic E-state index is 0.00942.